The lowest BCUT2D eigenvalue weighted by atomic mass is 10.0. The Balaban J connectivity index is 1.87. The zero-order chi connectivity index (χ0) is 16.2. The van der Waals surface area contributed by atoms with Crippen LogP contribution in [0.2, 0.25) is 0 Å². The molecule has 0 spiro atoms. The SMILES string of the molecule is COc1ccc2ncc(C#N)c(CCN3CC[C@@H](CN)C3)c2c1. The molecule has 2 N–H and O–H groups in total. The van der Waals surface area contributed by atoms with Crippen LogP contribution in [0.5, 0.6) is 5.75 Å². The van der Waals surface area contributed by atoms with Gasteiger partial charge in [-0.3, -0.25) is 4.98 Å². The second kappa shape index (κ2) is 6.95. The van der Waals surface area contributed by atoms with E-state index >= 15 is 0 Å². The van der Waals surface area contributed by atoms with Crippen LogP contribution in [0.3, 0.4) is 0 Å². The van der Waals surface area contributed by atoms with Crippen molar-refractivity contribution in [1.82, 2.24) is 9.88 Å². The van der Waals surface area contributed by atoms with Crippen molar-refractivity contribution in [3.8, 4) is 11.8 Å². The van der Waals surface area contributed by atoms with Crippen LogP contribution >= 0.6 is 0 Å². The highest BCUT2D eigenvalue weighted by Crippen LogP contribution is 2.26. The van der Waals surface area contributed by atoms with Crippen LogP contribution in [0.15, 0.2) is 24.4 Å². The molecular weight excluding hydrogens is 288 g/mol. The van der Waals surface area contributed by atoms with E-state index in [-0.39, 0.29) is 0 Å². The minimum Gasteiger partial charge on any atom is -0.497 e. The molecule has 3 rings (SSSR count). The van der Waals surface area contributed by atoms with Gasteiger partial charge >= 0.3 is 0 Å². The van der Waals surface area contributed by atoms with Crippen LogP contribution in [0.4, 0.5) is 0 Å². The lowest BCUT2D eigenvalue weighted by Gasteiger charge is -2.17. The molecular formula is C18H22N4O. The Hall–Kier alpha value is -2.16. The van der Waals surface area contributed by atoms with Crippen LogP contribution < -0.4 is 10.5 Å². The summed E-state index contributed by atoms with van der Waals surface area (Å²) in [5, 5.41) is 10.4. The zero-order valence-electron chi connectivity index (χ0n) is 13.5. The van der Waals surface area contributed by atoms with E-state index in [1.165, 1.54) is 6.42 Å². The third-order valence-corrected chi connectivity index (χ3v) is 4.69. The monoisotopic (exact) mass is 310 g/mol. The number of ether oxygens (including phenoxy) is 1. The van der Waals surface area contributed by atoms with Gasteiger partial charge in [0.15, 0.2) is 0 Å². The third kappa shape index (κ3) is 3.29. The standard InChI is InChI=1S/C18H22N4O/c1-23-15-2-3-18-17(8-15)16(14(10-20)11-21-18)5-7-22-6-4-13(9-19)12-22/h2-3,8,11,13H,4-7,9,12,19H2,1H3/t13-/m0/s1. The van der Waals surface area contributed by atoms with Gasteiger partial charge in [-0.25, -0.2) is 0 Å². The number of nitriles is 1. The van der Waals surface area contributed by atoms with Gasteiger partial charge in [0.2, 0.25) is 0 Å². The highest BCUT2D eigenvalue weighted by Gasteiger charge is 2.21. The second-order valence-electron chi connectivity index (χ2n) is 6.09. The van der Waals surface area contributed by atoms with Crippen molar-refractivity contribution < 1.29 is 4.74 Å². The average molecular weight is 310 g/mol. The molecule has 1 aromatic carbocycles. The lowest BCUT2D eigenvalue weighted by molar-refractivity contribution is 0.330. The number of rotatable bonds is 5. The fourth-order valence-electron chi connectivity index (χ4n) is 3.30. The Morgan fingerprint density at radius 3 is 3.04 bits per heavy atom. The maximum Gasteiger partial charge on any atom is 0.119 e. The highest BCUT2D eigenvalue weighted by atomic mass is 16.5. The lowest BCUT2D eigenvalue weighted by Crippen LogP contribution is -2.25. The zero-order valence-corrected chi connectivity index (χ0v) is 13.5. The van der Waals surface area contributed by atoms with Crippen molar-refractivity contribution in [3.05, 3.63) is 35.5 Å². The average Bonchev–Trinajstić information content (AvgIpc) is 3.07. The first kappa shape index (κ1) is 15.7. The summed E-state index contributed by atoms with van der Waals surface area (Å²) in [5.41, 5.74) is 8.38. The van der Waals surface area contributed by atoms with E-state index in [0.29, 0.717) is 11.5 Å². The van der Waals surface area contributed by atoms with E-state index < -0.39 is 0 Å². The molecule has 0 amide bonds. The van der Waals surface area contributed by atoms with Crippen molar-refractivity contribution in [2.24, 2.45) is 11.7 Å². The van der Waals surface area contributed by atoms with Crippen molar-refractivity contribution in [2.45, 2.75) is 12.8 Å². The van der Waals surface area contributed by atoms with E-state index in [1.807, 2.05) is 18.2 Å². The molecule has 1 aliphatic heterocycles. The summed E-state index contributed by atoms with van der Waals surface area (Å²) in [6.07, 6.45) is 3.69. The topological polar surface area (TPSA) is 75.2 Å². The number of hydrogen-bond donors (Lipinski definition) is 1. The molecule has 0 saturated carbocycles. The maximum atomic E-state index is 9.43. The predicted molar refractivity (Wildman–Crippen MR) is 90.3 cm³/mol. The van der Waals surface area contributed by atoms with E-state index in [4.69, 9.17) is 10.5 Å². The molecule has 1 aromatic heterocycles. The largest absolute Gasteiger partial charge is 0.497 e. The van der Waals surface area contributed by atoms with Gasteiger partial charge in [-0.2, -0.15) is 5.26 Å². The quantitative estimate of drug-likeness (QED) is 0.913. The Bertz CT molecular complexity index is 738. The van der Waals surface area contributed by atoms with Gasteiger partial charge in [0.25, 0.3) is 0 Å². The number of pyridine rings is 1. The first-order valence-electron chi connectivity index (χ1n) is 8.03. The van der Waals surface area contributed by atoms with Crippen LogP contribution in [-0.2, 0) is 6.42 Å². The summed E-state index contributed by atoms with van der Waals surface area (Å²) in [6, 6.07) is 8.10. The van der Waals surface area contributed by atoms with Gasteiger partial charge in [-0.05, 0) is 55.6 Å². The van der Waals surface area contributed by atoms with Crippen molar-refractivity contribution in [1.29, 1.82) is 5.26 Å². The fourth-order valence-corrected chi connectivity index (χ4v) is 3.30. The summed E-state index contributed by atoms with van der Waals surface area (Å²) in [5.74, 6) is 1.40. The smallest absolute Gasteiger partial charge is 0.119 e. The van der Waals surface area contributed by atoms with Gasteiger partial charge in [0, 0.05) is 24.7 Å². The summed E-state index contributed by atoms with van der Waals surface area (Å²) >= 11 is 0. The number of nitrogens with zero attached hydrogens (tertiary/aromatic N) is 3. The summed E-state index contributed by atoms with van der Waals surface area (Å²) in [6.45, 7) is 3.86. The summed E-state index contributed by atoms with van der Waals surface area (Å²) < 4.78 is 5.32. The van der Waals surface area contributed by atoms with E-state index in [1.54, 1.807) is 13.3 Å². The Kier molecular flexibility index (Phi) is 4.75. The normalized spacial score (nSPS) is 18.2. The maximum absolute atomic E-state index is 9.43. The number of nitrogens with two attached hydrogens (primary N) is 1. The Morgan fingerprint density at radius 2 is 2.35 bits per heavy atom. The molecule has 120 valence electrons. The minimum absolute atomic E-state index is 0.611. The van der Waals surface area contributed by atoms with Crippen molar-refractivity contribution in [3.63, 3.8) is 0 Å². The summed E-state index contributed by atoms with van der Waals surface area (Å²) in [7, 11) is 1.65. The van der Waals surface area contributed by atoms with E-state index in [2.05, 4.69) is 16.0 Å². The van der Waals surface area contributed by atoms with Crippen LogP contribution in [0.25, 0.3) is 10.9 Å². The number of benzene rings is 1. The number of methoxy groups -OCH3 is 1. The molecule has 0 radical (unpaired) electrons. The molecule has 0 bridgehead atoms. The van der Waals surface area contributed by atoms with Crippen molar-refractivity contribution >= 4 is 10.9 Å². The number of likely N-dealkylation sites (tertiary alicyclic amines) is 1. The molecule has 1 aliphatic rings. The highest BCUT2D eigenvalue weighted by molar-refractivity contribution is 5.85. The Labute approximate surface area is 136 Å². The molecule has 2 heterocycles. The fraction of sp³-hybridized carbons (Fsp3) is 0.444. The van der Waals surface area contributed by atoms with Crippen LogP contribution in [-0.4, -0.2) is 43.2 Å². The predicted octanol–water partition coefficient (Wildman–Crippen LogP) is 1.94. The number of fused-ring (bicyclic) bond motifs is 1. The second-order valence-corrected chi connectivity index (χ2v) is 6.09. The molecule has 5 nitrogen and oxygen atoms in total. The molecule has 1 fully saturated rings. The first-order chi connectivity index (χ1) is 11.2. The first-order valence-corrected chi connectivity index (χ1v) is 8.03. The molecule has 1 atom stereocenters. The van der Waals surface area contributed by atoms with E-state index in [0.717, 1.165) is 54.8 Å². The van der Waals surface area contributed by atoms with Crippen LogP contribution in [0, 0.1) is 17.2 Å². The summed E-state index contributed by atoms with van der Waals surface area (Å²) in [4.78, 5) is 6.82. The van der Waals surface area contributed by atoms with E-state index in [9.17, 15) is 5.26 Å². The van der Waals surface area contributed by atoms with Gasteiger partial charge in [-0.15, -0.1) is 0 Å². The number of aromatic nitrogens is 1. The molecule has 0 aliphatic carbocycles. The van der Waals surface area contributed by atoms with Gasteiger partial charge < -0.3 is 15.4 Å². The molecule has 5 heteroatoms. The van der Waals surface area contributed by atoms with Gasteiger partial charge in [0.05, 0.1) is 18.2 Å². The minimum atomic E-state index is 0.611. The van der Waals surface area contributed by atoms with Gasteiger partial charge in [-0.1, -0.05) is 0 Å². The molecule has 2 aromatic rings. The molecule has 23 heavy (non-hydrogen) atoms. The molecule has 1 saturated heterocycles. The Morgan fingerprint density at radius 1 is 1.48 bits per heavy atom. The third-order valence-electron chi connectivity index (χ3n) is 4.69. The van der Waals surface area contributed by atoms with Gasteiger partial charge in [0.1, 0.15) is 11.8 Å². The molecule has 0 unspecified atom stereocenters. The van der Waals surface area contributed by atoms with Crippen LogP contribution in [0.1, 0.15) is 17.5 Å². The van der Waals surface area contributed by atoms with Crippen molar-refractivity contribution in [2.75, 3.05) is 33.3 Å². The number of hydrogen-bond acceptors (Lipinski definition) is 5.